The maximum atomic E-state index is 12.8. The predicted molar refractivity (Wildman–Crippen MR) is 154 cm³/mol. The van der Waals surface area contributed by atoms with Crippen LogP contribution in [-0.4, -0.2) is 78.4 Å². The van der Waals surface area contributed by atoms with Crippen LogP contribution in [0.5, 0.6) is 11.5 Å². The molecule has 0 aliphatic heterocycles. The molecule has 226 valence electrons. The molecule has 0 heterocycles. The van der Waals surface area contributed by atoms with E-state index in [1.165, 1.54) is 0 Å². The molecule has 0 fully saturated rings. The van der Waals surface area contributed by atoms with Crippen molar-refractivity contribution in [2.45, 2.75) is 65.5 Å². The Hall–Kier alpha value is -1.92. The van der Waals surface area contributed by atoms with Gasteiger partial charge >= 0.3 is 0 Å². The molecule has 0 radical (unpaired) electrons. The number of rotatable bonds is 20. The molecule has 11 heteroatoms. The minimum absolute atomic E-state index is 0.0165. The van der Waals surface area contributed by atoms with Crippen LogP contribution in [0.2, 0.25) is 0 Å². The Balaban J connectivity index is 2.80. The van der Waals surface area contributed by atoms with Gasteiger partial charge in [0, 0.05) is 45.2 Å². The molecular weight excluding hydrogens is 522 g/mol. The quantitative estimate of drug-likeness (QED) is 0.174. The zero-order valence-corrected chi connectivity index (χ0v) is 25.6. The summed E-state index contributed by atoms with van der Waals surface area (Å²) in [5.41, 5.74) is 7.58. The first kappa shape index (κ1) is 35.1. The number of nitrogens with one attached hydrogen (secondary N) is 2. The van der Waals surface area contributed by atoms with Crippen LogP contribution in [0, 0.1) is 23.7 Å². The lowest BCUT2D eigenvalue weighted by atomic mass is 9.81. The van der Waals surface area contributed by atoms with Crippen molar-refractivity contribution in [1.82, 2.24) is 10.0 Å². The first-order valence-electron chi connectivity index (χ1n) is 13.7. The summed E-state index contributed by atoms with van der Waals surface area (Å²) in [5, 5.41) is 13.7. The van der Waals surface area contributed by atoms with E-state index in [9.17, 15) is 18.3 Å². The van der Waals surface area contributed by atoms with E-state index in [1.54, 1.807) is 14.2 Å². The SMILES string of the molecule is COCCCOc1cc(C[C@@H](C[C@H](N)[C@@H](O)C[C@H](C(=O)NCCNS(C)(=O)=O)C(C)C)C(C)C)ccc1OC. The number of amides is 1. The van der Waals surface area contributed by atoms with Crippen molar-refractivity contribution in [3.05, 3.63) is 23.8 Å². The molecule has 1 aromatic carbocycles. The largest absolute Gasteiger partial charge is 0.493 e. The highest BCUT2D eigenvalue weighted by Crippen LogP contribution is 2.31. The molecule has 39 heavy (non-hydrogen) atoms. The Labute approximate surface area is 235 Å². The summed E-state index contributed by atoms with van der Waals surface area (Å²) in [7, 11) is -0.0400. The van der Waals surface area contributed by atoms with Gasteiger partial charge in [-0.2, -0.15) is 0 Å². The molecule has 1 rings (SSSR count). The summed E-state index contributed by atoms with van der Waals surface area (Å²) in [6.07, 6.45) is 2.58. The van der Waals surface area contributed by atoms with Gasteiger partial charge < -0.3 is 30.4 Å². The smallest absolute Gasteiger partial charge is 0.223 e. The van der Waals surface area contributed by atoms with Gasteiger partial charge in [-0.15, -0.1) is 0 Å². The van der Waals surface area contributed by atoms with Crippen LogP contribution in [0.3, 0.4) is 0 Å². The number of aliphatic hydroxyl groups excluding tert-OH is 1. The predicted octanol–water partition coefficient (Wildman–Crippen LogP) is 2.33. The molecule has 10 nitrogen and oxygen atoms in total. The number of ether oxygens (including phenoxy) is 3. The van der Waals surface area contributed by atoms with Crippen LogP contribution >= 0.6 is 0 Å². The van der Waals surface area contributed by atoms with Crippen molar-refractivity contribution < 1.29 is 32.5 Å². The summed E-state index contributed by atoms with van der Waals surface area (Å²) in [6.45, 7) is 9.56. The van der Waals surface area contributed by atoms with Gasteiger partial charge in [0.1, 0.15) is 0 Å². The van der Waals surface area contributed by atoms with Gasteiger partial charge in [0.25, 0.3) is 0 Å². The molecule has 0 aromatic heterocycles. The number of aliphatic hydroxyl groups is 1. The number of methoxy groups -OCH3 is 2. The molecule has 0 saturated carbocycles. The van der Waals surface area contributed by atoms with Crippen LogP contribution in [0.4, 0.5) is 0 Å². The molecule has 1 aromatic rings. The van der Waals surface area contributed by atoms with Crippen LogP contribution in [0.1, 0.15) is 52.5 Å². The molecule has 0 unspecified atom stereocenters. The average Bonchev–Trinajstić information content (AvgIpc) is 2.86. The molecule has 1 amide bonds. The van der Waals surface area contributed by atoms with E-state index in [4.69, 9.17) is 19.9 Å². The van der Waals surface area contributed by atoms with E-state index in [1.807, 2.05) is 32.0 Å². The third-order valence-corrected chi connectivity index (χ3v) is 7.64. The Bertz CT molecular complexity index is 956. The highest BCUT2D eigenvalue weighted by molar-refractivity contribution is 7.88. The second-order valence-electron chi connectivity index (χ2n) is 10.9. The van der Waals surface area contributed by atoms with Crippen molar-refractivity contribution in [3.63, 3.8) is 0 Å². The van der Waals surface area contributed by atoms with Crippen molar-refractivity contribution in [1.29, 1.82) is 0 Å². The first-order chi connectivity index (χ1) is 18.3. The van der Waals surface area contributed by atoms with Gasteiger partial charge in [-0.25, -0.2) is 13.1 Å². The van der Waals surface area contributed by atoms with E-state index in [-0.39, 0.29) is 37.3 Å². The van der Waals surface area contributed by atoms with Crippen molar-refractivity contribution in [3.8, 4) is 11.5 Å². The average molecular weight is 574 g/mol. The molecule has 0 aliphatic rings. The van der Waals surface area contributed by atoms with Crippen LogP contribution in [0.15, 0.2) is 18.2 Å². The van der Waals surface area contributed by atoms with Crippen molar-refractivity contribution >= 4 is 15.9 Å². The van der Waals surface area contributed by atoms with Gasteiger partial charge in [0.2, 0.25) is 15.9 Å². The third-order valence-electron chi connectivity index (χ3n) is 6.91. The lowest BCUT2D eigenvalue weighted by Crippen LogP contribution is -2.44. The lowest BCUT2D eigenvalue weighted by Gasteiger charge is -2.30. The standard InChI is InChI=1S/C28H51N3O7S/c1-19(2)22(15-21-9-10-26(37-6)27(16-21)38-14-8-13-36-5)17-24(29)25(32)18-23(20(3)4)28(33)30-11-12-31-39(7,34)35/h9-10,16,19-20,22-25,31-32H,8,11-15,17-18,29H2,1-7H3,(H,30,33)/t22-,23-,24-,25-/m0/s1. The van der Waals surface area contributed by atoms with Gasteiger partial charge in [-0.05, 0) is 54.7 Å². The zero-order chi connectivity index (χ0) is 29.6. The zero-order valence-electron chi connectivity index (χ0n) is 24.7. The Kier molecular flexibility index (Phi) is 15.9. The van der Waals surface area contributed by atoms with E-state index < -0.39 is 28.1 Å². The Morgan fingerprint density at radius 1 is 1.03 bits per heavy atom. The number of carbonyl (C=O) groups excluding carboxylic acids is 1. The van der Waals surface area contributed by atoms with Crippen LogP contribution < -0.4 is 25.2 Å². The summed E-state index contributed by atoms with van der Waals surface area (Å²) in [6, 6.07) is 5.43. The van der Waals surface area contributed by atoms with E-state index >= 15 is 0 Å². The topological polar surface area (TPSA) is 149 Å². The second kappa shape index (κ2) is 17.7. The fraction of sp³-hybridized carbons (Fsp3) is 0.750. The van der Waals surface area contributed by atoms with E-state index in [0.29, 0.717) is 37.1 Å². The van der Waals surface area contributed by atoms with E-state index in [2.05, 4.69) is 23.9 Å². The Morgan fingerprint density at radius 2 is 1.72 bits per heavy atom. The van der Waals surface area contributed by atoms with Crippen LogP contribution in [0.25, 0.3) is 0 Å². The first-order valence-corrected chi connectivity index (χ1v) is 15.6. The monoisotopic (exact) mass is 573 g/mol. The van der Waals surface area contributed by atoms with Gasteiger partial charge in [-0.3, -0.25) is 4.79 Å². The van der Waals surface area contributed by atoms with Gasteiger partial charge in [-0.1, -0.05) is 33.8 Å². The van der Waals surface area contributed by atoms with Crippen LogP contribution in [-0.2, 0) is 26.0 Å². The molecular formula is C28H51N3O7S. The summed E-state index contributed by atoms with van der Waals surface area (Å²) >= 11 is 0. The minimum Gasteiger partial charge on any atom is -0.493 e. The van der Waals surface area contributed by atoms with Crippen molar-refractivity contribution in [2.75, 3.05) is 46.8 Å². The Morgan fingerprint density at radius 3 is 2.28 bits per heavy atom. The molecule has 0 aliphatic carbocycles. The number of benzene rings is 1. The number of hydrogen-bond donors (Lipinski definition) is 4. The summed E-state index contributed by atoms with van der Waals surface area (Å²) in [5.74, 6) is 1.22. The fourth-order valence-corrected chi connectivity index (χ4v) is 4.89. The second-order valence-corrected chi connectivity index (χ2v) is 12.7. The maximum Gasteiger partial charge on any atom is 0.223 e. The molecule has 5 N–H and O–H groups in total. The number of sulfonamides is 1. The van der Waals surface area contributed by atoms with Gasteiger partial charge in [0.05, 0.1) is 26.1 Å². The summed E-state index contributed by atoms with van der Waals surface area (Å²) in [4.78, 5) is 12.8. The highest BCUT2D eigenvalue weighted by Gasteiger charge is 2.29. The number of hydrogen-bond acceptors (Lipinski definition) is 8. The fourth-order valence-electron chi connectivity index (χ4n) is 4.42. The number of nitrogens with two attached hydrogens (primary N) is 1. The lowest BCUT2D eigenvalue weighted by molar-refractivity contribution is -0.127. The normalized spacial score (nSPS) is 15.2. The third kappa shape index (κ3) is 13.8. The van der Waals surface area contributed by atoms with E-state index in [0.717, 1.165) is 24.7 Å². The summed E-state index contributed by atoms with van der Waals surface area (Å²) < 4.78 is 41.2. The maximum absolute atomic E-state index is 12.8. The van der Waals surface area contributed by atoms with Crippen molar-refractivity contribution in [2.24, 2.45) is 29.4 Å². The van der Waals surface area contributed by atoms with Gasteiger partial charge in [0.15, 0.2) is 11.5 Å². The number of carbonyl (C=O) groups is 1. The molecule has 0 saturated heterocycles. The molecule has 0 spiro atoms. The molecule has 4 atom stereocenters. The highest BCUT2D eigenvalue weighted by atomic mass is 32.2. The minimum atomic E-state index is -3.32. The molecule has 0 bridgehead atoms.